The monoisotopic (exact) mass is 292 g/mol. The van der Waals surface area contributed by atoms with E-state index in [1.807, 2.05) is 48.5 Å². The standard InChI is InChI=1S/C19H16O3/c20-17(15-9-5-2-6-10-15)13-16(14-7-3-1-4-8-14)18-11-12-19(21)22-18/h1-12,16,18H,13H2/t16-,18+/m0/s1. The summed E-state index contributed by atoms with van der Waals surface area (Å²) in [7, 11) is 0. The number of carbonyl (C=O) groups is 2. The minimum Gasteiger partial charge on any atom is -0.454 e. The van der Waals surface area contributed by atoms with E-state index in [4.69, 9.17) is 4.74 Å². The Kier molecular flexibility index (Phi) is 4.15. The molecule has 2 aromatic carbocycles. The molecule has 0 bridgehead atoms. The Labute approximate surface area is 129 Å². The summed E-state index contributed by atoms with van der Waals surface area (Å²) in [5, 5.41) is 0. The van der Waals surface area contributed by atoms with Crippen LogP contribution < -0.4 is 0 Å². The van der Waals surface area contributed by atoms with E-state index < -0.39 is 0 Å². The number of carbonyl (C=O) groups excluding carboxylic acids is 2. The van der Waals surface area contributed by atoms with Gasteiger partial charge in [-0.25, -0.2) is 4.79 Å². The second-order valence-electron chi connectivity index (χ2n) is 5.27. The molecule has 0 aromatic heterocycles. The molecule has 1 aliphatic heterocycles. The molecule has 0 saturated heterocycles. The number of benzene rings is 2. The molecule has 3 nitrogen and oxygen atoms in total. The molecule has 0 unspecified atom stereocenters. The third-order valence-corrected chi connectivity index (χ3v) is 3.80. The van der Waals surface area contributed by atoms with Crippen LogP contribution in [0.2, 0.25) is 0 Å². The summed E-state index contributed by atoms with van der Waals surface area (Å²) in [5.41, 5.74) is 1.67. The van der Waals surface area contributed by atoms with Crippen molar-refractivity contribution in [1.82, 2.24) is 0 Å². The van der Waals surface area contributed by atoms with Crippen LogP contribution in [0.3, 0.4) is 0 Å². The molecule has 110 valence electrons. The highest BCUT2D eigenvalue weighted by Crippen LogP contribution is 2.30. The second kappa shape index (κ2) is 6.39. The highest BCUT2D eigenvalue weighted by molar-refractivity contribution is 5.96. The first kappa shape index (κ1) is 14.3. The maximum Gasteiger partial charge on any atom is 0.331 e. The molecule has 0 spiro atoms. The summed E-state index contributed by atoms with van der Waals surface area (Å²) in [5.74, 6) is -0.472. The minimum absolute atomic E-state index is 0.0470. The van der Waals surface area contributed by atoms with Crippen LogP contribution in [-0.2, 0) is 9.53 Å². The van der Waals surface area contributed by atoms with Crippen LogP contribution in [0.15, 0.2) is 72.8 Å². The minimum atomic E-state index is -0.387. The molecule has 22 heavy (non-hydrogen) atoms. The van der Waals surface area contributed by atoms with Crippen LogP contribution in [0.5, 0.6) is 0 Å². The molecule has 0 radical (unpaired) electrons. The average molecular weight is 292 g/mol. The van der Waals surface area contributed by atoms with Crippen LogP contribution in [0.1, 0.15) is 28.3 Å². The van der Waals surface area contributed by atoms with Crippen LogP contribution >= 0.6 is 0 Å². The molecular formula is C19H16O3. The normalized spacial score (nSPS) is 18.0. The molecule has 3 rings (SSSR count). The van der Waals surface area contributed by atoms with Gasteiger partial charge in [0.15, 0.2) is 5.78 Å². The van der Waals surface area contributed by atoms with E-state index in [9.17, 15) is 9.59 Å². The van der Waals surface area contributed by atoms with Gasteiger partial charge in [0.05, 0.1) is 0 Å². The van der Waals surface area contributed by atoms with Gasteiger partial charge in [0.2, 0.25) is 0 Å². The number of rotatable bonds is 5. The fourth-order valence-electron chi connectivity index (χ4n) is 2.67. The van der Waals surface area contributed by atoms with Crippen molar-refractivity contribution in [3.63, 3.8) is 0 Å². The van der Waals surface area contributed by atoms with E-state index >= 15 is 0 Å². The third kappa shape index (κ3) is 3.14. The van der Waals surface area contributed by atoms with Gasteiger partial charge in [-0.2, -0.15) is 0 Å². The van der Waals surface area contributed by atoms with E-state index in [1.54, 1.807) is 18.2 Å². The van der Waals surface area contributed by atoms with E-state index in [-0.39, 0.29) is 23.8 Å². The van der Waals surface area contributed by atoms with Gasteiger partial charge in [-0.15, -0.1) is 0 Å². The number of esters is 1. The zero-order valence-electron chi connectivity index (χ0n) is 12.0. The Balaban J connectivity index is 1.85. The smallest absolute Gasteiger partial charge is 0.331 e. The van der Waals surface area contributed by atoms with Crippen molar-refractivity contribution in [2.45, 2.75) is 18.4 Å². The molecule has 1 aliphatic rings. The number of Topliss-reactive ketones (excluding diaryl/α,β-unsaturated/α-hetero) is 1. The molecular weight excluding hydrogens is 276 g/mol. The SMILES string of the molecule is O=C1C=C[C@H]([C@@H](CC(=O)c2ccccc2)c2ccccc2)O1. The van der Waals surface area contributed by atoms with E-state index in [1.165, 1.54) is 6.08 Å². The summed E-state index contributed by atoms with van der Waals surface area (Å²) < 4.78 is 5.31. The van der Waals surface area contributed by atoms with Gasteiger partial charge < -0.3 is 4.74 Å². The Hall–Kier alpha value is -2.68. The Morgan fingerprint density at radius 2 is 1.64 bits per heavy atom. The molecule has 1 heterocycles. The lowest BCUT2D eigenvalue weighted by atomic mass is 9.87. The van der Waals surface area contributed by atoms with E-state index in [0.717, 1.165) is 5.56 Å². The predicted octanol–water partition coefficient (Wildman–Crippen LogP) is 3.52. The summed E-state index contributed by atoms with van der Waals surface area (Å²) in [4.78, 5) is 23.9. The van der Waals surface area contributed by atoms with Gasteiger partial charge in [-0.1, -0.05) is 60.7 Å². The van der Waals surface area contributed by atoms with Gasteiger partial charge in [0.25, 0.3) is 0 Å². The van der Waals surface area contributed by atoms with Gasteiger partial charge in [-0.3, -0.25) is 4.79 Å². The lowest BCUT2D eigenvalue weighted by molar-refractivity contribution is -0.139. The van der Waals surface area contributed by atoms with Crippen LogP contribution in [0.4, 0.5) is 0 Å². The van der Waals surface area contributed by atoms with Crippen LogP contribution in [0, 0.1) is 0 Å². The van der Waals surface area contributed by atoms with Gasteiger partial charge in [-0.05, 0) is 11.6 Å². The van der Waals surface area contributed by atoms with Gasteiger partial charge in [0, 0.05) is 24.0 Å². The molecule has 0 fully saturated rings. The maximum atomic E-state index is 12.5. The summed E-state index contributed by atoms with van der Waals surface area (Å²) >= 11 is 0. The van der Waals surface area contributed by atoms with E-state index in [2.05, 4.69) is 0 Å². The van der Waals surface area contributed by atoms with Crippen LogP contribution in [0.25, 0.3) is 0 Å². The first-order chi connectivity index (χ1) is 10.7. The first-order valence-corrected chi connectivity index (χ1v) is 7.26. The quantitative estimate of drug-likeness (QED) is 0.625. The molecule has 0 N–H and O–H groups in total. The fraction of sp³-hybridized carbons (Fsp3) is 0.158. The Bertz CT molecular complexity index is 689. The Morgan fingerprint density at radius 1 is 1.00 bits per heavy atom. The number of hydrogen-bond donors (Lipinski definition) is 0. The van der Waals surface area contributed by atoms with Gasteiger partial charge in [0.1, 0.15) is 6.10 Å². The third-order valence-electron chi connectivity index (χ3n) is 3.80. The lowest BCUT2D eigenvalue weighted by Crippen LogP contribution is -2.21. The topological polar surface area (TPSA) is 43.4 Å². The number of ether oxygens (including phenoxy) is 1. The Morgan fingerprint density at radius 3 is 2.23 bits per heavy atom. The molecule has 0 saturated carbocycles. The van der Waals surface area contributed by atoms with Crippen molar-refractivity contribution >= 4 is 11.8 Å². The molecule has 2 aromatic rings. The molecule has 2 atom stereocenters. The van der Waals surface area contributed by atoms with Crippen molar-refractivity contribution in [3.05, 3.63) is 83.9 Å². The van der Waals surface area contributed by atoms with Gasteiger partial charge >= 0.3 is 5.97 Å². The van der Waals surface area contributed by atoms with Crippen molar-refractivity contribution in [2.75, 3.05) is 0 Å². The van der Waals surface area contributed by atoms with Crippen molar-refractivity contribution < 1.29 is 14.3 Å². The largest absolute Gasteiger partial charge is 0.454 e. The summed E-state index contributed by atoms with van der Waals surface area (Å²) in [6.07, 6.45) is 3.07. The zero-order valence-corrected chi connectivity index (χ0v) is 12.0. The number of hydrogen-bond acceptors (Lipinski definition) is 3. The summed E-state index contributed by atoms with van der Waals surface area (Å²) in [6.45, 7) is 0. The average Bonchev–Trinajstić information content (AvgIpc) is 3.00. The number of cyclic esters (lactones) is 1. The van der Waals surface area contributed by atoms with Crippen molar-refractivity contribution in [2.24, 2.45) is 0 Å². The second-order valence-corrected chi connectivity index (χ2v) is 5.27. The summed E-state index contributed by atoms with van der Waals surface area (Å²) in [6, 6.07) is 18.9. The molecule has 0 amide bonds. The zero-order chi connectivity index (χ0) is 15.4. The van der Waals surface area contributed by atoms with E-state index in [0.29, 0.717) is 12.0 Å². The van der Waals surface area contributed by atoms with Crippen molar-refractivity contribution in [3.8, 4) is 0 Å². The highest BCUT2D eigenvalue weighted by atomic mass is 16.5. The van der Waals surface area contributed by atoms with Crippen molar-refractivity contribution in [1.29, 1.82) is 0 Å². The predicted molar refractivity (Wildman–Crippen MR) is 83.6 cm³/mol. The first-order valence-electron chi connectivity index (χ1n) is 7.26. The fourth-order valence-corrected chi connectivity index (χ4v) is 2.67. The highest BCUT2D eigenvalue weighted by Gasteiger charge is 2.30. The number of ketones is 1. The maximum absolute atomic E-state index is 12.5. The molecule has 3 heteroatoms. The molecule has 0 aliphatic carbocycles. The van der Waals surface area contributed by atoms with Crippen LogP contribution in [-0.4, -0.2) is 17.9 Å². The lowest BCUT2D eigenvalue weighted by Gasteiger charge is -2.21.